The first-order chi connectivity index (χ1) is 30.6. The molecule has 358 valence electrons. The minimum Gasteiger partial charge on any atom is -0.462 e. The number of methoxy groups -OCH3 is 2. The fourth-order valence-corrected chi connectivity index (χ4v) is 11.7. The lowest BCUT2D eigenvalue weighted by molar-refractivity contribution is -0.318. The highest BCUT2D eigenvalue weighted by Gasteiger charge is 2.60. The molecule has 4 saturated heterocycles. The maximum Gasteiger partial charge on any atom is 0.316 e. The van der Waals surface area contributed by atoms with E-state index in [2.05, 4.69) is 32.9 Å². The van der Waals surface area contributed by atoms with Crippen LogP contribution < -0.4 is 0 Å². The van der Waals surface area contributed by atoms with Crippen LogP contribution in [0.15, 0.2) is 59.3 Å². The Hall–Kier alpha value is -2.31. The molecule has 8 aliphatic rings. The van der Waals surface area contributed by atoms with Crippen molar-refractivity contribution in [3.63, 3.8) is 0 Å². The average molecular weight is 899 g/mol. The first kappa shape index (κ1) is 48.2. The van der Waals surface area contributed by atoms with Gasteiger partial charge in [0, 0.05) is 51.7 Å². The number of carbonyl (C=O) groups is 1. The van der Waals surface area contributed by atoms with Crippen LogP contribution in [-0.4, -0.2) is 139 Å². The second-order valence-electron chi connectivity index (χ2n) is 20.0. The molecule has 14 nitrogen and oxygen atoms in total. The normalized spacial score (nSPS) is 49.2. The summed E-state index contributed by atoms with van der Waals surface area (Å²) >= 11 is 0. The van der Waals surface area contributed by atoms with Gasteiger partial charge in [-0.3, -0.25) is 4.79 Å². The maximum absolute atomic E-state index is 14.4. The van der Waals surface area contributed by atoms with Gasteiger partial charge in [0.15, 0.2) is 18.4 Å². The van der Waals surface area contributed by atoms with E-state index in [0.29, 0.717) is 49.2 Å². The third kappa shape index (κ3) is 9.82. The summed E-state index contributed by atoms with van der Waals surface area (Å²) in [5.41, 5.74) is 0.166. The second-order valence-corrected chi connectivity index (χ2v) is 20.0. The molecule has 0 radical (unpaired) electrons. The molecule has 2 aliphatic carbocycles. The Labute approximate surface area is 379 Å². The van der Waals surface area contributed by atoms with Gasteiger partial charge < -0.3 is 62.7 Å². The molecule has 0 aromatic rings. The number of hydrogen-bond donors (Lipinski definition) is 3. The van der Waals surface area contributed by atoms with Gasteiger partial charge >= 0.3 is 5.97 Å². The van der Waals surface area contributed by atoms with E-state index in [9.17, 15) is 20.1 Å². The molecule has 5 fully saturated rings. The number of hydrogen-bond acceptors (Lipinski definition) is 14. The predicted molar refractivity (Wildman–Crippen MR) is 234 cm³/mol. The number of allylic oxidation sites excluding steroid dienone is 2. The van der Waals surface area contributed by atoms with Crippen molar-refractivity contribution in [2.75, 3.05) is 20.8 Å². The lowest BCUT2D eigenvalue weighted by Crippen LogP contribution is -2.58. The van der Waals surface area contributed by atoms with Crippen molar-refractivity contribution in [1.82, 2.24) is 0 Å². The van der Waals surface area contributed by atoms with Crippen LogP contribution in [0.4, 0.5) is 0 Å². The molecule has 6 aliphatic heterocycles. The van der Waals surface area contributed by atoms with Crippen molar-refractivity contribution in [3.8, 4) is 0 Å². The summed E-state index contributed by atoms with van der Waals surface area (Å²) in [7, 11) is 3.23. The Kier molecular flexibility index (Phi) is 15.1. The van der Waals surface area contributed by atoms with Gasteiger partial charge in [-0.05, 0) is 75.7 Å². The van der Waals surface area contributed by atoms with Gasteiger partial charge in [-0.25, -0.2) is 0 Å². The van der Waals surface area contributed by atoms with E-state index in [-0.39, 0.29) is 36.8 Å². The Morgan fingerprint density at radius 1 is 0.812 bits per heavy atom. The highest BCUT2D eigenvalue weighted by molar-refractivity contribution is 5.78. The molecule has 6 heterocycles. The molecule has 0 aromatic carbocycles. The Bertz CT molecular complexity index is 1790. The standard InChI is InChI=1S/C50H74O14/c1-27-13-12-16-34-26-57-47-42(51)30(4)21-37(50(34,47)54)48(53)60-36-22-35(63-49(25-36)20-19-29(3)45(64-49)33-14-10-9-11-15-33)18-17-28(2)44(27)61-41-24-39(56-8)46(32(6)59-41)62-40-23-38(55-7)43(52)31(5)58-40/h12-13,16-17,19-21,27,29,31-33,35-47,51-52,54H,9-11,14-15,18,22-26H2,1-8H3/b13-12-,28-17-,34-16-/t27-,29-,31-,32-,35+,36-,37+,38-,39-,40-,41-,42+,43-,44-,45-,46-,47+,49+,50+/m0/s1. The average Bonchev–Trinajstić information content (AvgIpc) is 3.62. The molecule has 0 amide bonds. The number of aliphatic hydroxyl groups excluding tert-OH is 2. The summed E-state index contributed by atoms with van der Waals surface area (Å²) in [4.78, 5) is 14.4. The zero-order valence-corrected chi connectivity index (χ0v) is 39.0. The van der Waals surface area contributed by atoms with E-state index in [4.69, 9.17) is 47.4 Å². The van der Waals surface area contributed by atoms with Gasteiger partial charge in [0.1, 0.15) is 42.0 Å². The predicted octanol–water partition coefficient (Wildman–Crippen LogP) is 5.91. The van der Waals surface area contributed by atoms with Crippen LogP contribution >= 0.6 is 0 Å². The zero-order chi connectivity index (χ0) is 45.5. The molecule has 2 bridgehead atoms. The van der Waals surface area contributed by atoms with E-state index in [1.54, 1.807) is 40.2 Å². The monoisotopic (exact) mass is 899 g/mol. The molecule has 64 heavy (non-hydrogen) atoms. The molecular formula is C50H74O14. The first-order valence-corrected chi connectivity index (χ1v) is 24.0. The number of esters is 1. The highest BCUT2D eigenvalue weighted by Crippen LogP contribution is 2.48. The van der Waals surface area contributed by atoms with Crippen LogP contribution in [0.25, 0.3) is 0 Å². The van der Waals surface area contributed by atoms with Crippen molar-refractivity contribution in [3.05, 3.63) is 59.3 Å². The van der Waals surface area contributed by atoms with Crippen LogP contribution in [0.3, 0.4) is 0 Å². The summed E-state index contributed by atoms with van der Waals surface area (Å²) in [6.45, 7) is 11.9. The molecule has 14 heteroatoms. The molecule has 8 rings (SSSR count). The lowest BCUT2D eigenvalue weighted by Gasteiger charge is -2.49. The summed E-state index contributed by atoms with van der Waals surface area (Å²) in [5.74, 6) is -2.32. The minimum absolute atomic E-state index is 0.0242. The first-order valence-electron chi connectivity index (χ1n) is 24.0. The Balaban J connectivity index is 1.08. The van der Waals surface area contributed by atoms with E-state index < -0.39 is 90.8 Å². The number of carbonyl (C=O) groups excluding carboxylic acids is 1. The van der Waals surface area contributed by atoms with E-state index >= 15 is 0 Å². The summed E-state index contributed by atoms with van der Waals surface area (Å²) in [6.07, 6.45) is 13.8. The number of rotatable bonds is 7. The fraction of sp³-hybridized carbons (Fsp3) is 0.780. The van der Waals surface area contributed by atoms with Crippen molar-refractivity contribution in [1.29, 1.82) is 0 Å². The van der Waals surface area contributed by atoms with Crippen LogP contribution in [0.5, 0.6) is 0 Å². The summed E-state index contributed by atoms with van der Waals surface area (Å²) < 4.78 is 64.1. The van der Waals surface area contributed by atoms with Crippen LogP contribution in [-0.2, 0) is 52.2 Å². The lowest BCUT2D eigenvalue weighted by atomic mass is 9.71. The van der Waals surface area contributed by atoms with Crippen molar-refractivity contribution < 1.29 is 67.5 Å². The summed E-state index contributed by atoms with van der Waals surface area (Å²) in [6, 6.07) is 0. The Morgan fingerprint density at radius 3 is 2.28 bits per heavy atom. The maximum atomic E-state index is 14.4. The van der Waals surface area contributed by atoms with Gasteiger partial charge in [-0.2, -0.15) is 0 Å². The SMILES string of the molecule is CO[C@H]1C[C@H](O[C@H]2[C@H](C)O[C@@H](O[C@@H]3/C(C)=C\C[C@@H]4C[C@@H](C[C@]5(C=C[C@H](C)[C@@H](C6CCCCC6)O5)O4)OC(=O)[C@H]4C=C(C)[C@@H](O)[C@H]5OC/C(=C/C=C\[C@@H]3C)[C@@]45O)C[C@@H]2OC)O[C@@H](C)[C@@H]1O. The van der Waals surface area contributed by atoms with E-state index in [1.807, 2.05) is 25.2 Å². The van der Waals surface area contributed by atoms with Crippen molar-refractivity contribution in [2.24, 2.45) is 23.7 Å². The Morgan fingerprint density at radius 2 is 1.53 bits per heavy atom. The zero-order valence-electron chi connectivity index (χ0n) is 39.0. The van der Waals surface area contributed by atoms with Gasteiger partial charge in [0.25, 0.3) is 0 Å². The number of fused-ring (bicyclic) bond motifs is 2. The minimum atomic E-state index is -1.83. The van der Waals surface area contributed by atoms with Crippen LogP contribution in [0.2, 0.25) is 0 Å². The molecule has 0 aromatic heterocycles. The third-order valence-electron chi connectivity index (χ3n) is 15.4. The van der Waals surface area contributed by atoms with Gasteiger partial charge in [-0.1, -0.05) is 69.6 Å². The molecule has 1 saturated carbocycles. The molecule has 19 atom stereocenters. The molecule has 3 N–H and O–H groups in total. The second kappa shape index (κ2) is 20.1. The molecule has 1 spiro atoms. The quantitative estimate of drug-likeness (QED) is 0.204. The largest absolute Gasteiger partial charge is 0.462 e. The van der Waals surface area contributed by atoms with Gasteiger partial charge in [0.2, 0.25) is 0 Å². The summed E-state index contributed by atoms with van der Waals surface area (Å²) in [5, 5.41) is 34.3. The topological polar surface area (TPSA) is 170 Å². The molecule has 0 unspecified atom stereocenters. The molecular weight excluding hydrogens is 825 g/mol. The van der Waals surface area contributed by atoms with E-state index in [1.165, 1.54) is 19.3 Å². The van der Waals surface area contributed by atoms with E-state index in [0.717, 1.165) is 18.4 Å². The van der Waals surface area contributed by atoms with Crippen LogP contribution in [0, 0.1) is 23.7 Å². The highest BCUT2D eigenvalue weighted by atomic mass is 16.7. The van der Waals surface area contributed by atoms with Gasteiger partial charge in [-0.15, -0.1) is 0 Å². The number of ether oxygens (including phenoxy) is 10. The number of aliphatic hydroxyl groups is 3. The van der Waals surface area contributed by atoms with Crippen LogP contribution in [0.1, 0.15) is 106 Å². The van der Waals surface area contributed by atoms with Gasteiger partial charge in [0.05, 0.1) is 49.3 Å². The smallest absolute Gasteiger partial charge is 0.316 e. The van der Waals surface area contributed by atoms with Crippen molar-refractivity contribution in [2.45, 2.75) is 203 Å². The van der Waals surface area contributed by atoms with Crippen molar-refractivity contribution >= 4 is 5.97 Å². The fourth-order valence-electron chi connectivity index (χ4n) is 11.7. The third-order valence-corrected chi connectivity index (χ3v) is 15.4.